The third-order valence-electron chi connectivity index (χ3n) is 4.02. The lowest BCUT2D eigenvalue weighted by Crippen LogP contribution is -2.24. The Hall–Kier alpha value is -0.610. The normalized spacial score (nSPS) is 20.5. The van der Waals surface area contributed by atoms with E-state index in [0.717, 1.165) is 18.5 Å². The van der Waals surface area contributed by atoms with Crippen molar-refractivity contribution in [3.05, 3.63) is 11.1 Å². The van der Waals surface area contributed by atoms with E-state index in [-0.39, 0.29) is 0 Å². The zero-order valence-corrected chi connectivity index (χ0v) is 12.0. The summed E-state index contributed by atoms with van der Waals surface area (Å²) in [4.78, 5) is 7.08. The van der Waals surface area contributed by atoms with Crippen LogP contribution >= 0.6 is 11.3 Å². The second kappa shape index (κ2) is 5.57. The van der Waals surface area contributed by atoms with Crippen LogP contribution in [0.2, 0.25) is 0 Å². The summed E-state index contributed by atoms with van der Waals surface area (Å²) in [5, 5.41) is 6.92. The zero-order chi connectivity index (χ0) is 12.4. The minimum atomic E-state index is 0.770. The van der Waals surface area contributed by atoms with Crippen LogP contribution in [-0.2, 0) is 6.54 Å². The summed E-state index contributed by atoms with van der Waals surface area (Å²) >= 11 is 1.79. The topological polar surface area (TPSA) is 28.2 Å². The second-order valence-electron chi connectivity index (χ2n) is 5.81. The van der Waals surface area contributed by atoms with Gasteiger partial charge in [0.2, 0.25) is 0 Å². The third-order valence-corrected chi connectivity index (χ3v) is 5.03. The molecule has 0 bridgehead atoms. The van der Waals surface area contributed by atoms with E-state index in [2.05, 4.69) is 22.6 Å². The second-order valence-corrected chi connectivity index (χ2v) is 6.64. The van der Waals surface area contributed by atoms with E-state index in [4.69, 9.17) is 4.98 Å². The van der Waals surface area contributed by atoms with Crippen molar-refractivity contribution in [3.63, 3.8) is 0 Å². The largest absolute Gasteiger partial charge is 0.351 e. The average Bonchev–Trinajstić information content (AvgIpc) is 2.88. The maximum atomic E-state index is 4.73. The van der Waals surface area contributed by atoms with Gasteiger partial charge in [0.25, 0.3) is 0 Å². The predicted molar refractivity (Wildman–Crippen MR) is 77.2 cm³/mol. The Morgan fingerprint density at radius 1 is 1.33 bits per heavy atom. The zero-order valence-electron chi connectivity index (χ0n) is 11.2. The van der Waals surface area contributed by atoms with Gasteiger partial charge in [-0.05, 0) is 31.6 Å². The molecule has 2 aliphatic carbocycles. The van der Waals surface area contributed by atoms with Gasteiger partial charge in [0.05, 0.1) is 5.69 Å². The first-order chi connectivity index (χ1) is 8.81. The Balaban J connectivity index is 1.50. The molecule has 0 unspecified atom stereocenters. The fourth-order valence-corrected chi connectivity index (χ4v) is 3.55. The molecule has 0 atom stereocenters. The Bertz CT molecular complexity index is 380. The molecule has 18 heavy (non-hydrogen) atoms. The predicted octanol–water partition coefficient (Wildman–Crippen LogP) is 3.02. The number of nitrogens with zero attached hydrogens (tertiary/aromatic N) is 2. The van der Waals surface area contributed by atoms with Gasteiger partial charge >= 0.3 is 0 Å². The lowest BCUT2D eigenvalue weighted by atomic mass is 10.1. The lowest BCUT2D eigenvalue weighted by Gasteiger charge is -2.19. The van der Waals surface area contributed by atoms with Crippen LogP contribution < -0.4 is 10.2 Å². The molecule has 2 aliphatic rings. The summed E-state index contributed by atoms with van der Waals surface area (Å²) < 4.78 is 0. The minimum Gasteiger partial charge on any atom is -0.351 e. The van der Waals surface area contributed by atoms with Crippen molar-refractivity contribution in [2.24, 2.45) is 5.92 Å². The maximum absolute atomic E-state index is 4.73. The van der Waals surface area contributed by atoms with Crippen molar-refractivity contribution in [1.29, 1.82) is 0 Å². The number of hydrogen-bond donors (Lipinski definition) is 1. The Morgan fingerprint density at radius 3 is 2.83 bits per heavy atom. The van der Waals surface area contributed by atoms with E-state index in [1.165, 1.54) is 55.9 Å². The van der Waals surface area contributed by atoms with E-state index >= 15 is 0 Å². The van der Waals surface area contributed by atoms with Gasteiger partial charge in [-0.15, -0.1) is 11.3 Å². The van der Waals surface area contributed by atoms with Crippen LogP contribution in [0.15, 0.2) is 5.38 Å². The summed E-state index contributed by atoms with van der Waals surface area (Å²) in [7, 11) is 2.19. The molecule has 1 aromatic heterocycles. The quantitative estimate of drug-likeness (QED) is 0.857. The van der Waals surface area contributed by atoms with Gasteiger partial charge in [-0.2, -0.15) is 0 Å². The number of hydrogen-bond acceptors (Lipinski definition) is 4. The van der Waals surface area contributed by atoms with Crippen LogP contribution in [0.3, 0.4) is 0 Å². The lowest BCUT2D eigenvalue weighted by molar-refractivity contribution is 0.546. The van der Waals surface area contributed by atoms with Crippen LogP contribution in [0.1, 0.15) is 44.2 Å². The van der Waals surface area contributed by atoms with Crippen LogP contribution in [-0.4, -0.2) is 24.6 Å². The first-order valence-corrected chi connectivity index (χ1v) is 8.08. The van der Waals surface area contributed by atoms with Gasteiger partial charge in [0, 0.05) is 31.6 Å². The number of anilines is 1. The monoisotopic (exact) mass is 265 g/mol. The smallest absolute Gasteiger partial charge is 0.185 e. The van der Waals surface area contributed by atoms with Crippen molar-refractivity contribution in [3.8, 4) is 0 Å². The Morgan fingerprint density at radius 2 is 2.11 bits per heavy atom. The molecule has 1 aromatic rings. The molecule has 0 aliphatic heterocycles. The molecule has 100 valence electrons. The standard InChI is InChI=1S/C14H23N3S/c1-17(9-11-4-2-3-5-11)14-16-13(10-18-14)8-15-12-6-7-12/h10-12,15H,2-9H2,1H3. The number of nitrogens with one attached hydrogen (secondary N) is 1. The number of thiazole rings is 1. The minimum absolute atomic E-state index is 0.770. The van der Waals surface area contributed by atoms with Gasteiger partial charge < -0.3 is 10.2 Å². The van der Waals surface area contributed by atoms with Gasteiger partial charge in [0.15, 0.2) is 5.13 Å². The number of aromatic nitrogens is 1. The summed E-state index contributed by atoms with van der Waals surface area (Å²) in [6.45, 7) is 2.13. The summed E-state index contributed by atoms with van der Waals surface area (Å²) in [5.41, 5.74) is 1.21. The SMILES string of the molecule is CN(CC1CCCC1)c1nc(CNC2CC2)cs1. The van der Waals surface area contributed by atoms with Crippen LogP contribution in [0, 0.1) is 5.92 Å². The van der Waals surface area contributed by atoms with E-state index in [9.17, 15) is 0 Å². The van der Waals surface area contributed by atoms with Gasteiger partial charge in [0.1, 0.15) is 0 Å². The highest BCUT2D eigenvalue weighted by molar-refractivity contribution is 7.13. The first kappa shape index (κ1) is 12.4. The van der Waals surface area contributed by atoms with Crippen molar-refractivity contribution in [2.75, 3.05) is 18.5 Å². The van der Waals surface area contributed by atoms with Gasteiger partial charge in [-0.1, -0.05) is 12.8 Å². The highest BCUT2D eigenvalue weighted by Gasteiger charge is 2.21. The molecule has 1 heterocycles. The highest BCUT2D eigenvalue weighted by Crippen LogP contribution is 2.28. The van der Waals surface area contributed by atoms with E-state index in [0.29, 0.717) is 0 Å². The fraction of sp³-hybridized carbons (Fsp3) is 0.786. The van der Waals surface area contributed by atoms with E-state index in [1.807, 2.05) is 0 Å². The molecule has 4 heteroatoms. The molecular weight excluding hydrogens is 242 g/mol. The molecule has 0 radical (unpaired) electrons. The van der Waals surface area contributed by atoms with Crippen LogP contribution in [0.25, 0.3) is 0 Å². The molecule has 3 nitrogen and oxygen atoms in total. The molecule has 3 rings (SSSR count). The Labute approximate surface area is 114 Å². The first-order valence-electron chi connectivity index (χ1n) is 7.20. The van der Waals surface area contributed by atoms with Crippen LogP contribution in [0.4, 0.5) is 5.13 Å². The molecule has 1 N–H and O–H groups in total. The highest BCUT2D eigenvalue weighted by atomic mass is 32.1. The van der Waals surface area contributed by atoms with Gasteiger partial charge in [-0.25, -0.2) is 4.98 Å². The van der Waals surface area contributed by atoms with Crippen molar-refractivity contribution >= 4 is 16.5 Å². The third kappa shape index (κ3) is 3.23. The summed E-state index contributed by atoms with van der Waals surface area (Å²) in [6, 6.07) is 0.770. The fourth-order valence-electron chi connectivity index (χ4n) is 2.75. The van der Waals surface area contributed by atoms with E-state index < -0.39 is 0 Å². The molecule has 0 aromatic carbocycles. The number of rotatable bonds is 6. The van der Waals surface area contributed by atoms with E-state index in [1.54, 1.807) is 11.3 Å². The Kier molecular flexibility index (Phi) is 3.85. The molecule has 0 amide bonds. The van der Waals surface area contributed by atoms with Crippen LogP contribution in [0.5, 0.6) is 0 Å². The summed E-state index contributed by atoms with van der Waals surface area (Å²) in [6.07, 6.45) is 8.36. The molecule has 2 saturated carbocycles. The molecule has 0 spiro atoms. The van der Waals surface area contributed by atoms with Gasteiger partial charge in [-0.3, -0.25) is 0 Å². The maximum Gasteiger partial charge on any atom is 0.185 e. The molecular formula is C14H23N3S. The molecule has 2 fully saturated rings. The van der Waals surface area contributed by atoms with Crippen molar-refractivity contribution < 1.29 is 0 Å². The van der Waals surface area contributed by atoms with Crippen molar-refractivity contribution in [1.82, 2.24) is 10.3 Å². The average molecular weight is 265 g/mol. The van der Waals surface area contributed by atoms with Crippen molar-refractivity contribution in [2.45, 2.75) is 51.1 Å². The summed E-state index contributed by atoms with van der Waals surface area (Å²) in [5.74, 6) is 0.895. The molecule has 0 saturated heterocycles.